The summed E-state index contributed by atoms with van der Waals surface area (Å²) in [6.07, 6.45) is 1.76. The van der Waals surface area contributed by atoms with E-state index in [4.69, 9.17) is 16.1 Å². The maximum absolute atomic E-state index is 13.9. The number of aromatic nitrogens is 2. The Morgan fingerprint density at radius 2 is 2.00 bits per heavy atom. The van der Waals surface area contributed by atoms with Gasteiger partial charge in [-0.3, -0.25) is 0 Å². The summed E-state index contributed by atoms with van der Waals surface area (Å²) in [7, 11) is 0. The lowest BCUT2D eigenvalue weighted by Crippen LogP contribution is -2.09. The maximum atomic E-state index is 13.9. The molecule has 1 fully saturated rings. The molecule has 1 aliphatic rings. The fourth-order valence-corrected chi connectivity index (χ4v) is 2.94. The number of nitrogens with zero attached hydrogens (tertiary/aromatic N) is 2. The number of hydrogen-bond acceptors (Lipinski definition) is 4. The third-order valence-corrected chi connectivity index (χ3v) is 4.39. The van der Waals surface area contributed by atoms with E-state index in [0.29, 0.717) is 10.9 Å². The number of hydrogen-bond donors (Lipinski definition) is 1. The van der Waals surface area contributed by atoms with Gasteiger partial charge in [-0.2, -0.15) is 4.98 Å². The molecule has 23 heavy (non-hydrogen) atoms. The zero-order chi connectivity index (χ0) is 16.0. The molecule has 1 heterocycles. The minimum absolute atomic E-state index is 0.146. The molecule has 0 aliphatic heterocycles. The topological polar surface area (TPSA) is 59.2 Å². The second-order valence-corrected chi connectivity index (χ2v) is 6.12. The van der Waals surface area contributed by atoms with E-state index in [1.54, 1.807) is 0 Å². The first kappa shape index (κ1) is 14.2. The van der Waals surface area contributed by atoms with Gasteiger partial charge in [-0.1, -0.05) is 28.9 Å². The van der Waals surface area contributed by atoms with Crippen molar-refractivity contribution in [2.45, 2.75) is 18.3 Å². The number of halogens is 2. The largest absolute Gasteiger partial charge is 0.508 e. The number of benzene rings is 2. The molecule has 0 unspecified atom stereocenters. The molecule has 4 nitrogen and oxygen atoms in total. The summed E-state index contributed by atoms with van der Waals surface area (Å²) >= 11 is 6.06. The normalized spacial score (nSPS) is 15.6. The van der Waals surface area contributed by atoms with Gasteiger partial charge >= 0.3 is 0 Å². The summed E-state index contributed by atoms with van der Waals surface area (Å²) in [5, 5.41) is 13.8. The van der Waals surface area contributed by atoms with Gasteiger partial charge in [0.1, 0.15) is 11.6 Å². The molecule has 1 aliphatic carbocycles. The van der Waals surface area contributed by atoms with Crippen molar-refractivity contribution in [1.29, 1.82) is 0 Å². The Hall–Kier alpha value is -2.40. The third kappa shape index (κ3) is 2.37. The van der Waals surface area contributed by atoms with Crippen LogP contribution < -0.4 is 0 Å². The average molecular weight is 331 g/mol. The second kappa shape index (κ2) is 5.06. The summed E-state index contributed by atoms with van der Waals surface area (Å²) in [5.74, 6) is -0.106. The molecule has 4 rings (SSSR count). The molecule has 0 amide bonds. The van der Waals surface area contributed by atoms with Crippen LogP contribution in [0.4, 0.5) is 4.39 Å². The van der Waals surface area contributed by atoms with Gasteiger partial charge in [0, 0.05) is 11.1 Å². The lowest BCUT2D eigenvalue weighted by atomic mass is 9.96. The first-order valence-electron chi connectivity index (χ1n) is 7.18. The number of phenols is 1. The van der Waals surface area contributed by atoms with Gasteiger partial charge in [0.15, 0.2) is 0 Å². The molecule has 3 aromatic rings. The molecular weight excluding hydrogens is 319 g/mol. The van der Waals surface area contributed by atoms with Crippen LogP contribution in [-0.2, 0) is 5.41 Å². The summed E-state index contributed by atoms with van der Waals surface area (Å²) in [6.45, 7) is 0. The van der Waals surface area contributed by atoms with Gasteiger partial charge in [0.05, 0.1) is 11.0 Å². The van der Waals surface area contributed by atoms with Gasteiger partial charge in [-0.15, -0.1) is 0 Å². The molecule has 0 saturated heterocycles. The molecule has 0 bridgehead atoms. The lowest BCUT2D eigenvalue weighted by molar-refractivity contribution is 0.360. The van der Waals surface area contributed by atoms with Crippen molar-refractivity contribution in [3.63, 3.8) is 0 Å². The maximum Gasteiger partial charge on any atom is 0.237 e. The number of phenolic OH excluding ortho intramolecular Hbond substituents is 1. The summed E-state index contributed by atoms with van der Waals surface area (Å²) < 4.78 is 19.3. The average Bonchev–Trinajstić information content (AvgIpc) is 3.19. The predicted molar refractivity (Wildman–Crippen MR) is 82.8 cm³/mol. The highest BCUT2D eigenvalue weighted by Crippen LogP contribution is 2.53. The van der Waals surface area contributed by atoms with E-state index in [0.717, 1.165) is 24.5 Å². The van der Waals surface area contributed by atoms with Crippen LogP contribution in [0.1, 0.15) is 24.3 Å². The standard InChI is InChI=1S/C17H12ClFN2O2/c18-11-3-1-2-10(8-11)17(6-7-17)16-20-15(21-23-16)13-5-4-12(22)9-14(13)19/h1-5,8-9,22H,6-7H2. The van der Waals surface area contributed by atoms with Gasteiger partial charge in [-0.05, 0) is 42.7 Å². The Bertz CT molecular complexity index is 890. The highest BCUT2D eigenvalue weighted by molar-refractivity contribution is 6.30. The minimum Gasteiger partial charge on any atom is -0.508 e. The summed E-state index contributed by atoms with van der Waals surface area (Å²) in [6, 6.07) is 11.4. The molecule has 1 aromatic heterocycles. The fraction of sp³-hybridized carbons (Fsp3) is 0.176. The first-order valence-corrected chi connectivity index (χ1v) is 7.55. The predicted octanol–water partition coefficient (Wildman–Crippen LogP) is 4.31. The van der Waals surface area contributed by atoms with E-state index in [2.05, 4.69) is 10.1 Å². The molecule has 2 aromatic carbocycles. The zero-order valence-electron chi connectivity index (χ0n) is 12.0. The van der Waals surface area contributed by atoms with Crippen molar-refractivity contribution in [1.82, 2.24) is 10.1 Å². The van der Waals surface area contributed by atoms with Crippen LogP contribution in [0.5, 0.6) is 5.75 Å². The quantitative estimate of drug-likeness (QED) is 0.777. The monoisotopic (exact) mass is 330 g/mol. The van der Waals surface area contributed by atoms with Crippen molar-refractivity contribution in [2.75, 3.05) is 0 Å². The minimum atomic E-state index is -0.593. The highest BCUT2D eigenvalue weighted by atomic mass is 35.5. The van der Waals surface area contributed by atoms with E-state index in [9.17, 15) is 9.50 Å². The molecule has 1 saturated carbocycles. The van der Waals surface area contributed by atoms with Gasteiger partial charge in [0.2, 0.25) is 11.7 Å². The molecular formula is C17H12ClFN2O2. The van der Waals surface area contributed by atoms with Crippen molar-refractivity contribution in [3.05, 3.63) is 64.8 Å². The van der Waals surface area contributed by atoms with E-state index in [1.165, 1.54) is 12.1 Å². The van der Waals surface area contributed by atoms with Crippen LogP contribution in [0.15, 0.2) is 47.0 Å². The van der Waals surface area contributed by atoms with E-state index in [1.807, 2.05) is 24.3 Å². The van der Waals surface area contributed by atoms with Crippen molar-refractivity contribution >= 4 is 11.6 Å². The van der Waals surface area contributed by atoms with E-state index < -0.39 is 5.82 Å². The molecule has 0 spiro atoms. The third-order valence-electron chi connectivity index (χ3n) is 4.16. The van der Waals surface area contributed by atoms with Crippen LogP contribution in [0, 0.1) is 5.82 Å². The van der Waals surface area contributed by atoms with Crippen LogP contribution in [0.25, 0.3) is 11.4 Å². The Labute approximate surface area is 136 Å². The Balaban J connectivity index is 1.73. The highest BCUT2D eigenvalue weighted by Gasteiger charge is 2.51. The van der Waals surface area contributed by atoms with Crippen LogP contribution in [0.2, 0.25) is 5.02 Å². The van der Waals surface area contributed by atoms with Crippen molar-refractivity contribution in [2.24, 2.45) is 0 Å². The van der Waals surface area contributed by atoms with Crippen LogP contribution in [-0.4, -0.2) is 15.2 Å². The van der Waals surface area contributed by atoms with Crippen LogP contribution in [0.3, 0.4) is 0 Å². The van der Waals surface area contributed by atoms with Gasteiger partial charge in [-0.25, -0.2) is 4.39 Å². The second-order valence-electron chi connectivity index (χ2n) is 5.68. The Kier molecular flexibility index (Phi) is 3.13. The zero-order valence-corrected chi connectivity index (χ0v) is 12.7. The van der Waals surface area contributed by atoms with Gasteiger partial charge in [0.25, 0.3) is 0 Å². The Morgan fingerprint density at radius 3 is 2.70 bits per heavy atom. The summed E-state index contributed by atoms with van der Waals surface area (Å²) in [5.41, 5.74) is 0.884. The number of aromatic hydroxyl groups is 1. The fourth-order valence-electron chi connectivity index (χ4n) is 2.75. The van der Waals surface area contributed by atoms with Crippen molar-refractivity contribution in [3.8, 4) is 17.1 Å². The van der Waals surface area contributed by atoms with Gasteiger partial charge < -0.3 is 9.63 Å². The molecule has 0 radical (unpaired) electrons. The summed E-state index contributed by atoms with van der Waals surface area (Å²) in [4.78, 5) is 4.37. The number of rotatable bonds is 3. The molecule has 0 atom stereocenters. The van der Waals surface area contributed by atoms with E-state index in [-0.39, 0.29) is 22.6 Å². The molecule has 116 valence electrons. The van der Waals surface area contributed by atoms with Crippen molar-refractivity contribution < 1.29 is 14.0 Å². The van der Waals surface area contributed by atoms with Crippen LogP contribution >= 0.6 is 11.6 Å². The lowest BCUT2D eigenvalue weighted by Gasteiger charge is -2.10. The first-order chi connectivity index (χ1) is 11.1. The molecule has 1 N–H and O–H groups in total. The SMILES string of the molecule is Oc1ccc(-c2noc(C3(c4cccc(Cl)c4)CC3)n2)c(F)c1. The smallest absolute Gasteiger partial charge is 0.237 e. The van der Waals surface area contributed by atoms with E-state index >= 15 is 0 Å². The Morgan fingerprint density at radius 1 is 1.17 bits per heavy atom. The molecule has 6 heteroatoms.